The third-order valence-corrected chi connectivity index (χ3v) is 4.70. The van der Waals surface area contributed by atoms with Crippen molar-refractivity contribution in [2.45, 2.75) is 32.2 Å². The molecule has 1 amide bonds. The maximum absolute atomic E-state index is 12.2. The number of amides is 1. The lowest BCUT2D eigenvalue weighted by Crippen LogP contribution is -2.55. The second kappa shape index (κ2) is 7.91. The highest BCUT2D eigenvalue weighted by molar-refractivity contribution is 6.30. The van der Waals surface area contributed by atoms with E-state index >= 15 is 0 Å². The summed E-state index contributed by atoms with van der Waals surface area (Å²) in [5, 5.41) is -0.503. The monoisotopic (exact) mass is 374 g/mol. The second-order valence-electron chi connectivity index (χ2n) is 6.52. The third-order valence-electron chi connectivity index (χ3n) is 4.51. The van der Waals surface area contributed by atoms with Crippen LogP contribution in [0.15, 0.2) is 36.7 Å². The van der Waals surface area contributed by atoms with E-state index in [-0.39, 0.29) is 11.9 Å². The van der Waals surface area contributed by atoms with Gasteiger partial charge in [-0.15, -0.1) is 11.6 Å². The predicted octanol–water partition coefficient (Wildman–Crippen LogP) is 3.24. The van der Waals surface area contributed by atoms with Crippen molar-refractivity contribution in [2.75, 3.05) is 24.5 Å². The van der Waals surface area contributed by atoms with E-state index in [1.54, 1.807) is 6.92 Å². The van der Waals surface area contributed by atoms with Gasteiger partial charge in [-0.05, 0) is 32.4 Å². The van der Waals surface area contributed by atoms with E-state index in [0.717, 1.165) is 17.1 Å². The molecular weight excluding hydrogens is 352 g/mol. The molecule has 0 bridgehead atoms. The average molecular weight is 375 g/mol. The number of nitrogens with zero attached hydrogens (tertiary/aromatic N) is 4. The van der Waals surface area contributed by atoms with Crippen LogP contribution in [0.3, 0.4) is 0 Å². The van der Waals surface area contributed by atoms with Crippen LogP contribution in [0.25, 0.3) is 0 Å². The van der Waals surface area contributed by atoms with Gasteiger partial charge in [0.1, 0.15) is 23.3 Å². The molecule has 0 aliphatic carbocycles. The van der Waals surface area contributed by atoms with Crippen molar-refractivity contribution < 1.29 is 9.53 Å². The van der Waals surface area contributed by atoms with Crippen LogP contribution in [0, 0.1) is 6.92 Å². The Labute approximate surface area is 158 Å². The quantitative estimate of drug-likeness (QED) is 0.769. The second-order valence-corrected chi connectivity index (χ2v) is 7.18. The summed E-state index contributed by atoms with van der Waals surface area (Å²) < 4.78 is 5.90. The largest absolute Gasteiger partial charge is 0.439 e. The van der Waals surface area contributed by atoms with Gasteiger partial charge in [-0.2, -0.15) is 0 Å². The number of aromatic nitrogens is 2. The zero-order valence-corrected chi connectivity index (χ0v) is 16.0. The molecule has 1 fully saturated rings. The highest BCUT2D eigenvalue weighted by atomic mass is 35.5. The first-order chi connectivity index (χ1) is 12.5. The number of carbonyl (C=O) groups excluding carboxylic acids is 1. The number of ether oxygens (including phenoxy) is 1. The Balaban J connectivity index is 1.71. The van der Waals surface area contributed by atoms with Gasteiger partial charge in [0.05, 0.1) is 0 Å². The number of rotatable bonds is 4. The number of aryl methyl sites for hydroxylation is 1. The van der Waals surface area contributed by atoms with Crippen LogP contribution >= 0.6 is 11.6 Å². The Kier molecular flexibility index (Phi) is 5.61. The summed E-state index contributed by atoms with van der Waals surface area (Å²) in [7, 11) is 0. The Morgan fingerprint density at radius 3 is 2.77 bits per heavy atom. The van der Waals surface area contributed by atoms with Crippen molar-refractivity contribution in [1.29, 1.82) is 0 Å². The van der Waals surface area contributed by atoms with Crippen LogP contribution in [0.1, 0.15) is 19.4 Å². The first-order valence-corrected chi connectivity index (χ1v) is 9.14. The molecule has 0 unspecified atom stereocenters. The topological polar surface area (TPSA) is 58.6 Å². The predicted molar refractivity (Wildman–Crippen MR) is 102 cm³/mol. The molecule has 1 aliphatic rings. The molecule has 1 aliphatic heterocycles. The van der Waals surface area contributed by atoms with Crippen molar-refractivity contribution in [3.8, 4) is 11.6 Å². The molecule has 1 saturated heterocycles. The smallest absolute Gasteiger partial charge is 0.240 e. The number of halogens is 1. The zero-order valence-electron chi connectivity index (χ0n) is 15.2. The molecule has 6 nitrogen and oxygen atoms in total. The number of benzene rings is 1. The van der Waals surface area contributed by atoms with E-state index in [0.29, 0.717) is 25.5 Å². The molecule has 138 valence electrons. The minimum Gasteiger partial charge on any atom is -0.439 e. The molecule has 0 saturated carbocycles. The fraction of sp³-hybridized carbons (Fsp3) is 0.421. The van der Waals surface area contributed by atoms with Gasteiger partial charge in [0, 0.05) is 31.7 Å². The van der Waals surface area contributed by atoms with Crippen LogP contribution in [-0.2, 0) is 4.79 Å². The number of carbonyl (C=O) groups is 1. The number of piperazine rings is 1. The minimum atomic E-state index is -0.503. The lowest BCUT2D eigenvalue weighted by atomic mass is 10.1. The van der Waals surface area contributed by atoms with Crippen LogP contribution in [0.5, 0.6) is 11.6 Å². The SMILES string of the molecule is Cc1ccccc1Oc1cc(N2CCN(C(=O)[C@H](C)Cl)[C@H](C)C2)ncn1. The molecule has 3 rings (SSSR count). The molecule has 1 aromatic carbocycles. The molecule has 0 N–H and O–H groups in total. The van der Waals surface area contributed by atoms with Gasteiger partial charge in [-0.25, -0.2) is 9.97 Å². The molecule has 7 heteroatoms. The van der Waals surface area contributed by atoms with Crippen molar-refractivity contribution in [1.82, 2.24) is 14.9 Å². The summed E-state index contributed by atoms with van der Waals surface area (Å²) in [5.41, 5.74) is 1.05. The van der Waals surface area contributed by atoms with Crippen molar-refractivity contribution in [3.05, 3.63) is 42.2 Å². The molecule has 26 heavy (non-hydrogen) atoms. The van der Waals surface area contributed by atoms with Gasteiger partial charge in [0.2, 0.25) is 11.8 Å². The van der Waals surface area contributed by atoms with Crippen LogP contribution in [0.4, 0.5) is 5.82 Å². The fourth-order valence-electron chi connectivity index (χ4n) is 3.06. The van der Waals surface area contributed by atoms with Gasteiger partial charge in [-0.1, -0.05) is 18.2 Å². The molecule has 2 heterocycles. The maximum Gasteiger partial charge on any atom is 0.240 e. The third kappa shape index (κ3) is 4.07. The van der Waals surface area contributed by atoms with E-state index in [1.165, 1.54) is 6.33 Å². The van der Waals surface area contributed by atoms with E-state index < -0.39 is 5.38 Å². The number of anilines is 1. The van der Waals surface area contributed by atoms with Crippen LogP contribution in [-0.4, -0.2) is 51.8 Å². The standard InChI is InChI=1S/C19H23ClN4O2/c1-13-6-4-5-7-16(13)26-18-10-17(21-12-22-18)23-8-9-24(14(2)11-23)19(25)15(3)20/h4-7,10,12,14-15H,8-9,11H2,1-3H3/t14-,15+/m1/s1. The Morgan fingerprint density at radius 2 is 2.08 bits per heavy atom. The lowest BCUT2D eigenvalue weighted by Gasteiger charge is -2.40. The first-order valence-electron chi connectivity index (χ1n) is 8.70. The van der Waals surface area contributed by atoms with Crippen molar-refractivity contribution in [3.63, 3.8) is 0 Å². The molecule has 2 aromatic rings. The number of hydrogen-bond acceptors (Lipinski definition) is 5. The summed E-state index contributed by atoms with van der Waals surface area (Å²) in [4.78, 5) is 24.7. The Morgan fingerprint density at radius 1 is 1.31 bits per heavy atom. The van der Waals surface area contributed by atoms with E-state index in [2.05, 4.69) is 14.9 Å². The van der Waals surface area contributed by atoms with Crippen LogP contribution in [0.2, 0.25) is 0 Å². The van der Waals surface area contributed by atoms with E-state index in [4.69, 9.17) is 16.3 Å². The van der Waals surface area contributed by atoms with Crippen LogP contribution < -0.4 is 9.64 Å². The molecular formula is C19H23ClN4O2. The lowest BCUT2D eigenvalue weighted by molar-refractivity contribution is -0.132. The summed E-state index contributed by atoms with van der Waals surface area (Å²) >= 11 is 5.95. The number of hydrogen-bond donors (Lipinski definition) is 0. The Bertz CT molecular complexity index is 784. The van der Waals surface area contributed by atoms with Crippen molar-refractivity contribution in [2.24, 2.45) is 0 Å². The van der Waals surface area contributed by atoms with E-state index in [1.807, 2.05) is 49.1 Å². The summed E-state index contributed by atoms with van der Waals surface area (Å²) in [5.74, 6) is 2.05. The van der Waals surface area contributed by atoms with Gasteiger partial charge >= 0.3 is 0 Å². The molecule has 1 aromatic heterocycles. The highest BCUT2D eigenvalue weighted by Crippen LogP contribution is 2.26. The molecule has 2 atom stereocenters. The van der Waals surface area contributed by atoms with Gasteiger partial charge in [0.15, 0.2) is 0 Å². The maximum atomic E-state index is 12.2. The highest BCUT2D eigenvalue weighted by Gasteiger charge is 2.30. The fourth-order valence-corrected chi connectivity index (χ4v) is 3.19. The summed E-state index contributed by atoms with van der Waals surface area (Å²) in [6, 6.07) is 9.70. The molecule has 0 spiro atoms. The number of alkyl halides is 1. The van der Waals surface area contributed by atoms with Gasteiger partial charge < -0.3 is 14.5 Å². The molecule has 0 radical (unpaired) electrons. The summed E-state index contributed by atoms with van der Waals surface area (Å²) in [6.07, 6.45) is 1.51. The summed E-state index contributed by atoms with van der Waals surface area (Å²) in [6.45, 7) is 7.73. The zero-order chi connectivity index (χ0) is 18.7. The Hall–Kier alpha value is -2.34. The average Bonchev–Trinajstić information content (AvgIpc) is 2.63. The van der Waals surface area contributed by atoms with Gasteiger partial charge in [0.25, 0.3) is 0 Å². The van der Waals surface area contributed by atoms with E-state index in [9.17, 15) is 4.79 Å². The first kappa shape index (κ1) is 18.5. The minimum absolute atomic E-state index is 0.0231. The normalized spacial score (nSPS) is 18.5. The number of para-hydroxylation sites is 1. The van der Waals surface area contributed by atoms with Gasteiger partial charge in [-0.3, -0.25) is 4.79 Å². The van der Waals surface area contributed by atoms with Crippen molar-refractivity contribution >= 4 is 23.3 Å².